The molecule has 0 N–H and O–H groups in total. The number of aliphatic imine (C=N–C) groups is 1. The molecule has 0 amide bonds. The van der Waals surface area contributed by atoms with Crippen molar-refractivity contribution in [2.75, 3.05) is 0 Å². The summed E-state index contributed by atoms with van der Waals surface area (Å²) < 4.78 is 0. The van der Waals surface area contributed by atoms with Crippen molar-refractivity contribution in [2.45, 2.75) is 27.7 Å². The zero-order chi connectivity index (χ0) is 24.8. The SMILES string of the molecule is C=CC(=C)/C(C)=C(\C)c1ccccc1C.CC1=C/C=C\C=C/C=C/C=C/C(c2ccccc2)=N\1. The van der Waals surface area contributed by atoms with Gasteiger partial charge in [-0.15, -0.1) is 0 Å². The Morgan fingerprint density at radius 1 is 0.765 bits per heavy atom. The number of hydrogen-bond acceptors (Lipinski definition) is 1. The van der Waals surface area contributed by atoms with Gasteiger partial charge in [0.1, 0.15) is 0 Å². The Labute approximate surface area is 206 Å². The van der Waals surface area contributed by atoms with Crippen LogP contribution in [0, 0.1) is 6.92 Å². The maximum absolute atomic E-state index is 4.66. The molecule has 1 aliphatic heterocycles. The van der Waals surface area contributed by atoms with Gasteiger partial charge in [0.05, 0.1) is 5.71 Å². The standard InChI is InChI=1S/C18H17N.C15H18/c1-16-12-8-5-3-2-4-6-11-15-18(19-16)17-13-9-7-10-14-17;1-6-11(2)13(4)14(5)15-10-8-7-9-12(15)3/h2-15H,1H3;6-10H,1-2H2,3-5H3/b3-2-,4-2?,5-3?,6-4+,8-5-,11-6?,12-8?,15-11+,16-12-,18-15?,19-16?,19-18+;14-13+. The number of benzene rings is 2. The van der Waals surface area contributed by atoms with Crippen LogP contribution in [0.4, 0.5) is 0 Å². The minimum atomic E-state index is 0.969. The van der Waals surface area contributed by atoms with E-state index in [1.807, 2.05) is 79.8 Å². The van der Waals surface area contributed by atoms with Crippen molar-refractivity contribution in [1.29, 1.82) is 0 Å². The van der Waals surface area contributed by atoms with E-state index in [0.717, 1.165) is 22.5 Å². The quantitative estimate of drug-likeness (QED) is 0.416. The van der Waals surface area contributed by atoms with Gasteiger partial charge in [0.2, 0.25) is 0 Å². The molecule has 2 aromatic rings. The van der Waals surface area contributed by atoms with E-state index in [2.05, 4.69) is 75.3 Å². The molecule has 1 aliphatic rings. The van der Waals surface area contributed by atoms with Gasteiger partial charge in [-0.05, 0) is 67.7 Å². The fourth-order valence-electron chi connectivity index (χ4n) is 3.29. The van der Waals surface area contributed by atoms with Crippen molar-refractivity contribution >= 4 is 11.3 Å². The average molecular weight is 446 g/mol. The zero-order valence-electron chi connectivity index (χ0n) is 20.8. The third kappa shape index (κ3) is 8.52. The summed E-state index contributed by atoms with van der Waals surface area (Å²) in [4.78, 5) is 4.66. The van der Waals surface area contributed by atoms with Crippen molar-refractivity contribution in [1.82, 2.24) is 0 Å². The Hall–Kier alpha value is -3.97. The lowest BCUT2D eigenvalue weighted by Crippen LogP contribution is -1.96. The molecular formula is C33H35N. The molecule has 0 saturated heterocycles. The number of hydrogen-bond donors (Lipinski definition) is 0. The second-order valence-electron chi connectivity index (χ2n) is 7.98. The molecule has 0 bridgehead atoms. The first-order valence-electron chi connectivity index (χ1n) is 11.5. The highest BCUT2D eigenvalue weighted by Crippen LogP contribution is 2.25. The highest BCUT2D eigenvalue weighted by atomic mass is 14.7. The van der Waals surface area contributed by atoms with E-state index in [1.54, 1.807) is 6.08 Å². The van der Waals surface area contributed by atoms with Crippen LogP contribution in [0.15, 0.2) is 150 Å². The van der Waals surface area contributed by atoms with Gasteiger partial charge >= 0.3 is 0 Å². The van der Waals surface area contributed by atoms with Gasteiger partial charge in [0, 0.05) is 11.3 Å². The summed E-state index contributed by atoms with van der Waals surface area (Å²) in [6, 6.07) is 18.6. The third-order valence-electron chi connectivity index (χ3n) is 5.46. The van der Waals surface area contributed by atoms with E-state index in [1.165, 1.54) is 22.3 Å². The van der Waals surface area contributed by atoms with E-state index in [4.69, 9.17) is 0 Å². The number of aryl methyl sites for hydroxylation is 1. The van der Waals surface area contributed by atoms with E-state index in [0.29, 0.717) is 0 Å². The van der Waals surface area contributed by atoms with Crippen molar-refractivity contribution in [3.63, 3.8) is 0 Å². The zero-order valence-corrected chi connectivity index (χ0v) is 20.8. The predicted molar refractivity (Wildman–Crippen MR) is 152 cm³/mol. The van der Waals surface area contributed by atoms with Crippen LogP contribution in [0.3, 0.4) is 0 Å². The van der Waals surface area contributed by atoms with Crippen LogP contribution >= 0.6 is 0 Å². The van der Waals surface area contributed by atoms with Crippen molar-refractivity contribution in [2.24, 2.45) is 4.99 Å². The lowest BCUT2D eigenvalue weighted by atomic mass is 9.95. The molecule has 0 aromatic heterocycles. The van der Waals surface area contributed by atoms with Crippen molar-refractivity contribution in [3.05, 3.63) is 162 Å². The first-order chi connectivity index (χ1) is 16.4. The molecule has 3 rings (SSSR count). The van der Waals surface area contributed by atoms with Crippen LogP contribution in [0.25, 0.3) is 5.57 Å². The van der Waals surface area contributed by atoms with E-state index in [-0.39, 0.29) is 0 Å². The number of rotatable bonds is 4. The topological polar surface area (TPSA) is 12.4 Å². The summed E-state index contributed by atoms with van der Waals surface area (Å²) in [7, 11) is 0. The summed E-state index contributed by atoms with van der Waals surface area (Å²) in [6.45, 7) is 16.1. The van der Waals surface area contributed by atoms with Gasteiger partial charge in [0.15, 0.2) is 0 Å². The molecule has 1 heterocycles. The summed E-state index contributed by atoms with van der Waals surface area (Å²) in [5, 5.41) is 0. The van der Waals surface area contributed by atoms with Crippen LogP contribution in [-0.2, 0) is 0 Å². The Balaban J connectivity index is 0.000000248. The first kappa shape index (κ1) is 26.3. The molecule has 172 valence electrons. The molecule has 0 radical (unpaired) electrons. The smallest absolute Gasteiger partial charge is 0.0705 e. The minimum absolute atomic E-state index is 0.969. The molecular weight excluding hydrogens is 410 g/mol. The monoisotopic (exact) mass is 445 g/mol. The second-order valence-corrected chi connectivity index (χ2v) is 7.98. The van der Waals surface area contributed by atoms with Crippen LogP contribution in [0.1, 0.15) is 37.5 Å². The molecule has 0 fully saturated rings. The Morgan fingerprint density at radius 2 is 1.35 bits per heavy atom. The maximum Gasteiger partial charge on any atom is 0.0705 e. The largest absolute Gasteiger partial charge is 0.253 e. The molecule has 1 heteroatoms. The van der Waals surface area contributed by atoms with Crippen LogP contribution in [0.5, 0.6) is 0 Å². The van der Waals surface area contributed by atoms with Gasteiger partial charge < -0.3 is 0 Å². The van der Waals surface area contributed by atoms with E-state index in [9.17, 15) is 0 Å². The highest BCUT2D eigenvalue weighted by molar-refractivity contribution is 6.09. The lowest BCUT2D eigenvalue weighted by molar-refractivity contribution is 1.30. The molecule has 0 atom stereocenters. The summed E-state index contributed by atoms with van der Waals surface area (Å²) in [6.07, 6.45) is 19.8. The van der Waals surface area contributed by atoms with Crippen LogP contribution < -0.4 is 0 Å². The Morgan fingerprint density at radius 3 is 2.00 bits per heavy atom. The molecule has 34 heavy (non-hydrogen) atoms. The fourth-order valence-corrected chi connectivity index (χ4v) is 3.29. The van der Waals surface area contributed by atoms with Gasteiger partial charge in [-0.1, -0.05) is 116 Å². The summed E-state index contributed by atoms with van der Waals surface area (Å²) >= 11 is 0. The van der Waals surface area contributed by atoms with Gasteiger partial charge in [0.25, 0.3) is 0 Å². The molecule has 0 saturated carbocycles. The lowest BCUT2D eigenvalue weighted by Gasteiger charge is -2.10. The normalized spacial score (nSPS) is 20.7. The first-order valence-corrected chi connectivity index (χ1v) is 11.5. The van der Waals surface area contributed by atoms with Gasteiger partial charge in [-0.25, -0.2) is 0 Å². The van der Waals surface area contributed by atoms with Crippen molar-refractivity contribution in [3.8, 4) is 0 Å². The number of allylic oxidation sites excluding steroid dienone is 14. The Kier molecular flexibility index (Phi) is 11.0. The van der Waals surface area contributed by atoms with E-state index < -0.39 is 0 Å². The molecule has 2 aromatic carbocycles. The van der Waals surface area contributed by atoms with Crippen LogP contribution in [0.2, 0.25) is 0 Å². The number of nitrogens with zero attached hydrogens (tertiary/aromatic N) is 1. The molecule has 0 unspecified atom stereocenters. The molecule has 0 spiro atoms. The van der Waals surface area contributed by atoms with Crippen LogP contribution in [-0.4, -0.2) is 5.71 Å². The Bertz CT molecular complexity index is 1190. The second kappa shape index (κ2) is 14.2. The van der Waals surface area contributed by atoms with Crippen molar-refractivity contribution < 1.29 is 0 Å². The summed E-state index contributed by atoms with van der Waals surface area (Å²) in [5.74, 6) is 0. The summed E-state index contributed by atoms with van der Waals surface area (Å²) in [5.41, 5.74) is 9.14. The predicted octanol–water partition coefficient (Wildman–Crippen LogP) is 9.15. The molecule has 0 aliphatic carbocycles. The third-order valence-corrected chi connectivity index (χ3v) is 5.46. The van der Waals surface area contributed by atoms with E-state index >= 15 is 0 Å². The fraction of sp³-hybridized carbons (Fsp3) is 0.121. The minimum Gasteiger partial charge on any atom is -0.253 e. The van der Waals surface area contributed by atoms with Gasteiger partial charge in [-0.2, -0.15) is 0 Å². The van der Waals surface area contributed by atoms with Gasteiger partial charge in [-0.3, -0.25) is 4.99 Å². The maximum atomic E-state index is 4.66. The average Bonchev–Trinajstić information content (AvgIpc) is 2.85. The highest BCUT2D eigenvalue weighted by Gasteiger charge is 2.04. The molecule has 1 nitrogen and oxygen atoms in total.